The van der Waals surface area contributed by atoms with Gasteiger partial charge in [0.25, 0.3) is 5.91 Å². The average molecular weight is 353 g/mol. The lowest BCUT2D eigenvalue weighted by molar-refractivity contribution is -0.181. The SMILES string of the molecule is Cc1ccccc1Nc1ccc(C(=O)N2CCC3(CC2)OCCO3)cn1. The molecule has 0 saturated carbocycles. The van der Waals surface area contributed by atoms with Crippen LogP contribution in [0.4, 0.5) is 11.5 Å². The van der Waals surface area contributed by atoms with Gasteiger partial charge >= 0.3 is 0 Å². The predicted molar refractivity (Wildman–Crippen MR) is 98.5 cm³/mol. The number of hydrogen-bond acceptors (Lipinski definition) is 5. The Morgan fingerprint density at radius 3 is 2.50 bits per heavy atom. The molecule has 0 unspecified atom stereocenters. The molecule has 3 heterocycles. The molecule has 1 spiro atoms. The number of rotatable bonds is 3. The van der Waals surface area contributed by atoms with Gasteiger partial charge in [-0.05, 0) is 30.7 Å². The number of nitrogens with one attached hydrogen (secondary N) is 1. The van der Waals surface area contributed by atoms with Crippen molar-refractivity contribution in [3.8, 4) is 0 Å². The summed E-state index contributed by atoms with van der Waals surface area (Å²) >= 11 is 0. The first kappa shape index (κ1) is 17.0. The first-order chi connectivity index (χ1) is 12.7. The molecule has 4 rings (SSSR count). The Morgan fingerprint density at radius 2 is 1.85 bits per heavy atom. The molecule has 2 saturated heterocycles. The van der Waals surface area contributed by atoms with Crippen molar-refractivity contribution >= 4 is 17.4 Å². The van der Waals surface area contributed by atoms with Crippen LogP contribution in [0.1, 0.15) is 28.8 Å². The van der Waals surface area contributed by atoms with E-state index in [0.29, 0.717) is 31.9 Å². The zero-order valence-electron chi connectivity index (χ0n) is 14.9. The fraction of sp³-hybridized carbons (Fsp3) is 0.400. The van der Waals surface area contributed by atoms with E-state index < -0.39 is 5.79 Å². The largest absolute Gasteiger partial charge is 0.347 e. The minimum Gasteiger partial charge on any atom is -0.347 e. The summed E-state index contributed by atoms with van der Waals surface area (Å²) in [4.78, 5) is 19.0. The van der Waals surface area contributed by atoms with Crippen molar-refractivity contribution in [1.29, 1.82) is 0 Å². The molecule has 1 aromatic heterocycles. The molecule has 6 heteroatoms. The van der Waals surface area contributed by atoms with Crippen molar-refractivity contribution < 1.29 is 14.3 Å². The first-order valence-electron chi connectivity index (χ1n) is 9.01. The number of aryl methyl sites for hydroxylation is 1. The fourth-order valence-corrected chi connectivity index (χ4v) is 3.46. The third-order valence-electron chi connectivity index (χ3n) is 5.04. The maximum atomic E-state index is 12.7. The van der Waals surface area contributed by atoms with Gasteiger partial charge in [0, 0.05) is 37.8 Å². The summed E-state index contributed by atoms with van der Waals surface area (Å²) in [6, 6.07) is 11.7. The summed E-state index contributed by atoms with van der Waals surface area (Å²) in [6.45, 7) is 4.62. The molecule has 1 aromatic carbocycles. The smallest absolute Gasteiger partial charge is 0.255 e. The predicted octanol–water partition coefficient (Wildman–Crippen LogP) is 3.11. The van der Waals surface area contributed by atoms with Gasteiger partial charge in [0.1, 0.15) is 5.82 Å². The number of hydrogen-bond donors (Lipinski definition) is 1. The van der Waals surface area contributed by atoms with Gasteiger partial charge in [0.15, 0.2) is 5.79 Å². The van der Waals surface area contributed by atoms with Crippen molar-refractivity contribution in [2.75, 3.05) is 31.6 Å². The van der Waals surface area contributed by atoms with Crippen molar-refractivity contribution in [2.24, 2.45) is 0 Å². The lowest BCUT2D eigenvalue weighted by atomic mass is 10.0. The number of carbonyl (C=O) groups is 1. The van der Waals surface area contributed by atoms with E-state index in [4.69, 9.17) is 9.47 Å². The van der Waals surface area contributed by atoms with Crippen LogP contribution in [-0.4, -0.2) is 47.9 Å². The Bertz CT molecular complexity index is 775. The number of likely N-dealkylation sites (tertiary alicyclic amines) is 1. The monoisotopic (exact) mass is 353 g/mol. The van der Waals surface area contributed by atoms with Crippen LogP contribution in [-0.2, 0) is 9.47 Å². The van der Waals surface area contributed by atoms with E-state index >= 15 is 0 Å². The number of aromatic nitrogens is 1. The highest BCUT2D eigenvalue weighted by atomic mass is 16.7. The van der Waals surface area contributed by atoms with Crippen LogP contribution in [0.25, 0.3) is 0 Å². The molecule has 2 fully saturated rings. The Hall–Kier alpha value is -2.44. The molecular weight excluding hydrogens is 330 g/mol. The van der Waals surface area contributed by atoms with Crippen LogP contribution in [0.15, 0.2) is 42.6 Å². The standard InChI is InChI=1S/C20H23N3O3/c1-15-4-2-3-5-17(15)22-18-7-6-16(14-21-18)19(24)23-10-8-20(9-11-23)25-12-13-26-20/h2-7,14H,8-13H2,1H3,(H,21,22). The topological polar surface area (TPSA) is 63.7 Å². The Balaban J connectivity index is 1.39. The van der Waals surface area contributed by atoms with Crippen LogP contribution in [0, 0.1) is 6.92 Å². The molecule has 0 aliphatic carbocycles. The summed E-state index contributed by atoms with van der Waals surface area (Å²) in [5.74, 6) is 0.269. The van der Waals surface area contributed by atoms with E-state index in [2.05, 4.69) is 10.3 Å². The zero-order valence-corrected chi connectivity index (χ0v) is 14.9. The number of amides is 1. The van der Waals surface area contributed by atoms with E-state index in [1.807, 2.05) is 48.2 Å². The van der Waals surface area contributed by atoms with Crippen LogP contribution < -0.4 is 5.32 Å². The van der Waals surface area contributed by atoms with Crippen LogP contribution in [0.2, 0.25) is 0 Å². The van der Waals surface area contributed by atoms with E-state index in [1.165, 1.54) is 0 Å². The molecule has 2 aliphatic rings. The van der Waals surface area contributed by atoms with Gasteiger partial charge in [-0.15, -0.1) is 0 Å². The Labute approximate surface area is 153 Å². The third-order valence-corrected chi connectivity index (χ3v) is 5.04. The summed E-state index contributed by atoms with van der Waals surface area (Å²) in [5.41, 5.74) is 2.76. The normalized spacial score (nSPS) is 18.9. The second-order valence-corrected chi connectivity index (χ2v) is 6.77. The maximum Gasteiger partial charge on any atom is 0.255 e. The third kappa shape index (κ3) is 3.43. The number of benzene rings is 1. The number of pyridine rings is 1. The summed E-state index contributed by atoms with van der Waals surface area (Å²) in [6.07, 6.45) is 3.08. The molecule has 2 aromatic rings. The number of nitrogens with zero attached hydrogens (tertiary/aromatic N) is 2. The molecule has 1 N–H and O–H groups in total. The van der Waals surface area contributed by atoms with E-state index in [-0.39, 0.29) is 5.91 Å². The summed E-state index contributed by atoms with van der Waals surface area (Å²) < 4.78 is 11.4. The minimum atomic E-state index is -0.462. The second kappa shape index (κ2) is 7.05. The van der Waals surface area contributed by atoms with Crippen molar-refractivity contribution in [3.63, 3.8) is 0 Å². The van der Waals surface area contributed by atoms with Gasteiger partial charge in [-0.1, -0.05) is 18.2 Å². The lowest BCUT2D eigenvalue weighted by Crippen LogP contribution is -2.47. The Kier molecular flexibility index (Phi) is 4.61. The highest BCUT2D eigenvalue weighted by Crippen LogP contribution is 2.31. The lowest BCUT2D eigenvalue weighted by Gasteiger charge is -2.37. The maximum absolute atomic E-state index is 12.7. The highest BCUT2D eigenvalue weighted by Gasteiger charge is 2.40. The molecule has 136 valence electrons. The average Bonchev–Trinajstić information content (AvgIpc) is 3.12. The number of anilines is 2. The summed E-state index contributed by atoms with van der Waals surface area (Å²) in [7, 11) is 0. The number of para-hydroxylation sites is 1. The number of piperidine rings is 1. The molecule has 0 bridgehead atoms. The van der Waals surface area contributed by atoms with Gasteiger partial charge < -0.3 is 19.7 Å². The van der Waals surface area contributed by atoms with E-state index in [0.717, 1.165) is 29.9 Å². The molecule has 26 heavy (non-hydrogen) atoms. The summed E-state index contributed by atoms with van der Waals surface area (Å²) in [5, 5.41) is 3.28. The number of carbonyl (C=O) groups excluding carboxylic acids is 1. The fourth-order valence-electron chi connectivity index (χ4n) is 3.46. The van der Waals surface area contributed by atoms with Crippen molar-refractivity contribution in [2.45, 2.75) is 25.6 Å². The first-order valence-corrected chi connectivity index (χ1v) is 9.01. The molecule has 6 nitrogen and oxygen atoms in total. The van der Waals surface area contributed by atoms with E-state index in [9.17, 15) is 4.79 Å². The van der Waals surface area contributed by atoms with Crippen molar-refractivity contribution in [3.05, 3.63) is 53.7 Å². The van der Waals surface area contributed by atoms with Gasteiger partial charge in [-0.25, -0.2) is 4.98 Å². The molecule has 0 radical (unpaired) electrons. The Morgan fingerprint density at radius 1 is 1.12 bits per heavy atom. The van der Waals surface area contributed by atoms with Crippen molar-refractivity contribution in [1.82, 2.24) is 9.88 Å². The second-order valence-electron chi connectivity index (χ2n) is 6.77. The van der Waals surface area contributed by atoms with Crippen LogP contribution in [0.5, 0.6) is 0 Å². The molecule has 0 atom stereocenters. The van der Waals surface area contributed by atoms with Gasteiger partial charge in [0.2, 0.25) is 0 Å². The van der Waals surface area contributed by atoms with Gasteiger partial charge in [-0.2, -0.15) is 0 Å². The molecular formula is C20H23N3O3. The molecule has 2 aliphatic heterocycles. The number of ether oxygens (including phenoxy) is 2. The molecule has 1 amide bonds. The van der Waals surface area contributed by atoms with Crippen LogP contribution >= 0.6 is 0 Å². The minimum absolute atomic E-state index is 0.00721. The quantitative estimate of drug-likeness (QED) is 0.919. The van der Waals surface area contributed by atoms with Gasteiger partial charge in [0.05, 0.1) is 18.8 Å². The highest BCUT2D eigenvalue weighted by molar-refractivity contribution is 5.94. The van der Waals surface area contributed by atoms with Gasteiger partial charge in [-0.3, -0.25) is 4.79 Å². The van der Waals surface area contributed by atoms with E-state index in [1.54, 1.807) is 6.20 Å². The zero-order chi connectivity index (χ0) is 18.0. The van der Waals surface area contributed by atoms with Crippen LogP contribution in [0.3, 0.4) is 0 Å².